The summed E-state index contributed by atoms with van der Waals surface area (Å²) in [5.41, 5.74) is 1.38. The molecule has 0 bridgehead atoms. The third kappa shape index (κ3) is 2.47. The summed E-state index contributed by atoms with van der Waals surface area (Å²) in [7, 11) is 0. The van der Waals surface area contributed by atoms with E-state index in [0.717, 1.165) is 5.69 Å². The molecular weight excluding hydrogens is 186 g/mol. The zero-order valence-corrected chi connectivity index (χ0v) is 8.74. The molecule has 78 valence electrons. The van der Waals surface area contributed by atoms with Crippen molar-refractivity contribution in [3.05, 3.63) is 24.0 Å². The predicted molar refractivity (Wildman–Crippen MR) is 59.4 cm³/mol. The van der Waals surface area contributed by atoms with Crippen molar-refractivity contribution in [2.24, 2.45) is 0 Å². The summed E-state index contributed by atoms with van der Waals surface area (Å²) in [6, 6.07) is 6.43. The van der Waals surface area contributed by atoms with Crippen molar-refractivity contribution in [3.8, 4) is 6.07 Å². The van der Waals surface area contributed by atoms with Crippen LogP contribution in [0.15, 0.2) is 18.3 Å². The van der Waals surface area contributed by atoms with Crippen LogP contribution < -0.4 is 5.32 Å². The summed E-state index contributed by atoms with van der Waals surface area (Å²) in [6.45, 7) is 0. The van der Waals surface area contributed by atoms with Gasteiger partial charge in [0.15, 0.2) is 5.69 Å². The first-order valence-electron chi connectivity index (χ1n) is 5.52. The number of anilines is 1. The van der Waals surface area contributed by atoms with Gasteiger partial charge in [0.25, 0.3) is 0 Å². The van der Waals surface area contributed by atoms with Gasteiger partial charge < -0.3 is 5.32 Å². The van der Waals surface area contributed by atoms with Gasteiger partial charge in [-0.3, -0.25) is 0 Å². The van der Waals surface area contributed by atoms with Gasteiger partial charge >= 0.3 is 0 Å². The lowest BCUT2D eigenvalue weighted by Crippen LogP contribution is -2.22. The second-order valence-electron chi connectivity index (χ2n) is 3.99. The molecule has 0 aliphatic heterocycles. The van der Waals surface area contributed by atoms with Gasteiger partial charge in [0.1, 0.15) is 6.07 Å². The fraction of sp³-hybridized carbons (Fsp3) is 0.500. The minimum absolute atomic E-state index is 0.503. The molecule has 0 radical (unpaired) electrons. The molecule has 1 aliphatic carbocycles. The van der Waals surface area contributed by atoms with Crippen LogP contribution in [0.2, 0.25) is 0 Å². The Hall–Kier alpha value is -1.56. The van der Waals surface area contributed by atoms with E-state index in [1.807, 2.05) is 12.1 Å². The molecule has 1 fully saturated rings. The Labute approximate surface area is 90.1 Å². The number of nitrogens with zero attached hydrogens (tertiary/aromatic N) is 2. The number of rotatable bonds is 2. The third-order valence-electron chi connectivity index (χ3n) is 2.88. The lowest BCUT2D eigenvalue weighted by molar-refractivity contribution is 0.462. The van der Waals surface area contributed by atoms with Gasteiger partial charge in [-0.25, -0.2) is 4.98 Å². The van der Waals surface area contributed by atoms with Crippen molar-refractivity contribution in [2.75, 3.05) is 5.32 Å². The molecule has 0 atom stereocenters. The van der Waals surface area contributed by atoms with Crippen molar-refractivity contribution in [2.45, 2.75) is 38.1 Å². The molecule has 0 spiro atoms. The highest BCUT2D eigenvalue weighted by Crippen LogP contribution is 2.22. The quantitative estimate of drug-likeness (QED) is 0.800. The van der Waals surface area contributed by atoms with Gasteiger partial charge in [-0.15, -0.1) is 0 Å². The molecule has 3 nitrogen and oxygen atoms in total. The summed E-state index contributed by atoms with van der Waals surface area (Å²) >= 11 is 0. The van der Waals surface area contributed by atoms with E-state index in [1.54, 1.807) is 6.20 Å². The largest absolute Gasteiger partial charge is 0.380 e. The molecule has 1 saturated carbocycles. The zero-order valence-electron chi connectivity index (χ0n) is 8.74. The number of hydrogen-bond donors (Lipinski definition) is 1. The maximum Gasteiger partial charge on any atom is 0.163 e. The van der Waals surface area contributed by atoms with E-state index < -0.39 is 0 Å². The fourth-order valence-electron chi connectivity index (χ4n) is 2.08. The van der Waals surface area contributed by atoms with Gasteiger partial charge in [-0.1, -0.05) is 19.3 Å². The SMILES string of the molecule is N#Cc1ncccc1NC1CCCCC1. The van der Waals surface area contributed by atoms with Gasteiger partial charge in [-0.05, 0) is 25.0 Å². The van der Waals surface area contributed by atoms with E-state index >= 15 is 0 Å². The van der Waals surface area contributed by atoms with Crippen molar-refractivity contribution >= 4 is 5.69 Å². The average Bonchev–Trinajstić information content (AvgIpc) is 2.31. The highest BCUT2D eigenvalue weighted by Gasteiger charge is 2.14. The Morgan fingerprint density at radius 3 is 2.87 bits per heavy atom. The molecule has 2 rings (SSSR count). The number of nitriles is 1. The normalized spacial score (nSPS) is 17.0. The van der Waals surface area contributed by atoms with Crippen LogP contribution in [-0.2, 0) is 0 Å². The molecule has 15 heavy (non-hydrogen) atoms. The van der Waals surface area contributed by atoms with E-state index in [4.69, 9.17) is 5.26 Å². The molecule has 3 heteroatoms. The average molecular weight is 201 g/mol. The Balaban J connectivity index is 2.06. The summed E-state index contributed by atoms with van der Waals surface area (Å²) in [5.74, 6) is 0. The maximum absolute atomic E-state index is 8.90. The molecule has 0 aromatic carbocycles. The summed E-state index contributed by atoms with van der Waals surface area (Å²) in [4.78, 5) is 4.04. The minimum Gasteiger partial charge on any atom is -0.380 e. The van der Waals surface area contributed by atoms with Crippen molar-refractivity contribution in [1.29, 1.82) is 5.26 Å². The molecule has 0 unspecified atom stereocenters. The van der Waals surface area contributed by atoms with Crippen molar-refractivity contribution in [3.63, 3.8) is 0 Å². The van der Waals surface area contributed by atoms with Crippen LogP contribution in [0.3, 0.4) is 0 Å². The fourth-order valence-corrected chi connectivity index (χ4v) is 2.08. The lowest BCUT2D eigenvalue weighted by Gasteiger charge is -2.23. The van der Waals surface area contributed by atoms with Gasteiger partial charge in [0, 0.05) is 12.2 Å². The maximum atomic E-state index is 8.90. The molecule has 1 heterocycles. The first kappa shape index (κ1) is 9.97. The summed E-state index contributed by atoms with van der Waals surface area (Å²) < 4.78 is 0. The first-order valence-corrected chi connectivity index (χ1v) is 5.52. The van der Waals surface area contributed by atoms with Crippen LogP contribution in [0.5, 0.6) is 0 Å². The molecule has 1 aromatic rings. The van der Waals surface area contributed by atoms with Crippen LogP contribution in [0.1, 0.15) is 37.8 Å². The molecule has 1 N–H and O–H groups in total. The van der Waals surface area contributed by atoms with Gasteiger partial charge in [0.05, 0.1) is 5.69 Å². The van der Waals surface area contributed by atoms with Crippen LogP contribution in [0, 0.1) is 11.3 Å². The Kier molecular flexibility index (Phi) is 3.18. The minimum atomic E-state index is 0.503. The van der Waals surface area contributed by atoms with Crippen molar-refractivity contribution < 1.29 is 0 Å². The van der Waals surface area contributed by atoms with Crippen LogP contribution in [0.25, 0.3) is 0 Å². The molecule has 1 aliphatic rings. The lowest BCUT2D eigenvalue weighted by atomic mass is 9.95. The summed E-state index contributed by atoms with van der Waals surface area (Å²) in [6.07, 6.45) is 8.00. The first-order chi connectivity index (χ1) is 7.40. The smallest absolute Gasteiger partial charge is 0.163 e. The predicted octanol–water partition coefficient (Wildman–Crippen LogP) is 2.70. The molecule has 0 saturated heterocycles. The standard InChI is InChI=1S/C12H15N3/c13-9-12-11(7-4-8-14-12)15-10-5-2-1-3-6-10/h4,7-8,10,15H,1-3,5-6H2. The van der Waals surface area contributed by atoms with Crippen LogP contribution in [-0.4, -0.2) is 11.0 Å². The van der Waals surface area contributed by atoms with Crippen LogP contribution >= 0.6 is 0 Å². The Morgan fingerprint density at radius 1 is 1.33 bits per heavy atom. The van der Waals surface area contributed by atoms with E-state index in [9.17, 15) is 0 Å². The number of hydrogen-bond acceptors (Lipinski definition) is 3. The molecular formula is C12H15N3. The third-order valence-corrected chi connectivity index (χ3v) is 2.88. The number of aromatic nitrogens is 1. The van der Waals surface area contributed by atoms with E-state index in [1.165, 1.54) is 32.1 Å². The topological polar surface area (TPSA) is 48.7 Å². The van der Waals surface area contributed by atoms with Gasteiger partial charge in [-0.2, -0.15) is 5.26 Å². The zero-order chi connectivity index (χ0) is 10.5. The highest BCUT2D eigenvalue weighted by molar-refractivity contribution is 5.53. The van der Waals surface area contributed by atoms with Gasteiger partial charge in [0.2, 0.25) is 0 Å². The van der Waals surface area contributed by atoms with Crippen molar-refractivity contribution in [1.82, 2.24) is 4.98 Å². The number of pyridine rings is 1. The van der Waals surface area contributed by atoms with Crippen LogP contribution in [0.4, 0.5) is 5.69 Å². The van der Waals surface area contributed by atoms with E-state index in [2.05, 4.69) is 16.4 Å². The monoisotopic (exact) mass is 201 g/mol. The highest BCUT2D eigenvalue weighted by atomic mass is 14.9. The molecule has 1 aromatic heterocycles. The second kappa shape index (κ2) is 4.79. The number of nitrogens with one attached hydrogen (secondary N) is 1. The second-order valence-corrected chi connectivity index (χ2v) is 3.99. The van der Waals surface area contributed by atoms with E-state index in [-0.39, 0.29) is 0 Å². The van der Waals surface area contributed by atoms with E-state index in [0.29, 0.717) is 11.7 Å². The Morgan fingerprint density at radius 2 is 2.13 bits per heavy atom. The Bertz CT molecular complexity index is 361. The molecule has 0 amide bonds. The summed E-state index contributed by atoms with van der Waals surface area (Å²) in [5, 5.41) is 12.3.